The number of hydrogen-bond donors (Lipinski definition) is 3. The van der Waals surface area contributed by atoms with Crippen LogP contribution in [0, 0.1) is 10.8 Å². The molecule has 0 radical (unpaired) electrons. The van der Waals surface area contributed by atoms with Gasteiger partial charge in [0.15, 0.2) is 0 Å². The zero-order valence-corrected chi connectivity index (χ0v) is 12.0. The maximum Gasteiger partial charge on any atom is 0.319 e. The quantitative estimate of drug-likeness (QED) is 0.766. The molecule has 2 amide bonds. The summed E-state index contributed by atoms with van der Waals surface area (Å²) in [5, 5.41) is 5.89. The molecule has 4 N–H and O–H groups in total. The van der Waals surface area contributed by atoms with Crippen LogP contribution >= 0.6 is 0 Å². The van der Waals surface area contributed by atoms with E-state index in [4.69, 9.17) is 5.73 Å². The van der Waals surface area contributed by atoms with Gasteiger partial charge in [-0.2, -0.15) is 0 Å². The van der Waals surface area contributed by atoms with E-state index in [-0.39, 0.29) is 28.9 Å². The van der Waals surface area contributed by atoms with E-state index < -0.39 is 0 Å². The molecule has 1 aliphatic carbocycles. The fourth-order valence-electron chi connectivity index (χ4n) is 3.37. The number of urea groups is 1. The topological polar surface area (TPSA) is 67.1 Å². The fourth-order valence-corrected chi connectivity index (χ4v) is 3.37. The summed E-state index contributed by atoms with van der Waals surface area (Å²) >= 11 is 0. The molecular weight excluding hydrogens is 238 g/mol. The number of hydrogen-bond acceptors (Lipinski definition) is 2. The summed E-state index contributed by atoms with van der Waals surface area (Å²) < 4.78 is 0. The highest BCUT2D eigenvalue weighted by molar-refractivity contribution is 5.89. The summed E-state index contributed by atoms with van der Waals surface area (Å²) in [6, 6.07) is 9.40. The van der Waals surface area contributed by atoms with Crippen molar-refractivity contribution in [2.24, 2.45) is 16.6 Å². The first kappa shape index (κ1) is 13.9. The van der Waals surface area contributed by atoms with Crippen LogP contribution in [0.4, 0.5) is 10.5 Å². The van der Waals surface area contributed by atoms with Crippen molar-refractivity contribution in [2.45, 2.75) is 39.8 Å². The Kier molecular flexibility index (Phi) is 3.31. The number of para-hydroxylation sites is 1. The van der Waals surface area contributed by atoms with Crippen LogP contribution in [-0.2, 0) is 0 Å². The summed E-state index contributed by atoms with van der Waals surface area (Å²) in [7, 11) is 0. The summed E-state index contributed by atoms with van der Waals surface area (Å²) in [6.07, 6.45) is 0. The molecule has 1 aliphatic rings. The lowest BCUT2D eigenvalue weighted by molar-refractivity contribution is -0.0638. The smallest absolute Gasteiger partial charge is 0.319 e. The van der Waals surface area contributed by atoms with Crippen molar-refractivity contribution >= 4 is 11.7 Å². The molecule has 1 fully saturated rings. The lowest BCUT2D eigenvalue weighted by Gasteiger charge is -2.62. The van der Waals surface area contributed by atoms with E-state index in [1.807, 2.05) is 30.3 Å². The van der Waals surface area contributed by atoms with Crippen LogP contribution in [0.2, 0.25) is 0 Å². The van der Waals surface area contributed by atoms with Crippen LogP contribution in [0.1, 0.15) is 27.7 Å². The van der Waals surface area contributed by atoms with Gasteiger partial charge in [-0.15, -0.1) is 0 Å². The third-order valence-corrected chi connectivity index (χ3v) is 4.40. The normalized spacial score (nSPS) is 27.2. The first-order valence-corrected chi connectivity index (χ1v) is 6.64. The predicted octanol–water partition coefficient (Wildman–Crippen LogP) is 2.57. The monoisotopic (exact) mass is 261 g/mol. The molecule has 4 nitrogen and oxygen atoms in total. The largest absolute Gasteiger partial charge is 0.334 e. The molecule has 104 valence electrons. The summed E-state index contributed by atoms with van der Waals surface area (Å²) in [5.41, 5.74) is 6.80. The van der Waals surface area contributed by atoms with Crippen molar-refractivity contribution in [1.82, 2.24) is 5.32 Å². The van der Waals surface area contributed by atoms with Crippen molar-refractivity contribution < 1.29 is 4.79 Å². The van der Waals surface area contributed by atoms with E-state index in [9.17, 15) is 4.79 Å². The molecule has 4 heteroatoms. The zero-order valence-electron chi connectivity index (χ0n) is 12.0. The highest BCUT2D eigenvalue weighted by atomic mass is 16.2. The second-order valence-electron chi connectivity index (χ2n) is 6.52. The zero-order chi connectivity index (χ0) is 14.3. The van der Waals surface area contributed by atoms with Gasteiger partial charge in [-0.3, -0.25) is 0 Å². The molecule has 1 aromatic carbocycles. The number of amides is 2. The number of nitrogens with two attached hydrogens (primary N) is 1. The maximum absolute atomic E-state index is 12.0. The van der Waals surface area contributed by atoms with Gasteiger partial charge >= 0.3 is 6.03 Å². The van der Waals surface area contributed by atoms with Gasteiger partial charge in [0.05, 0.1) is 0 Å². The molecule has 0 aliphatic heterocycles. The van der Waals surface area contributed by atoms with Crippen LogP contribution in [-0.4, -0.2) is 18.1 Å². The van der Waals surface area contributed by atoms with Gasteiger partial charge < -0.3 is 16.4 Å². The molecule has 0 aromatic heterocycles. The first-order valence-electron chi connectivity index (χ1n) is 6.64. The minimum atomic E-state index is -0.177. The van der Waals surface area contributed by atoms with E-state index in [1.54, 1.807) is 0 Å². The Morgan fingerprint density at radius 3 is 2.16 bits per heavy atom. The number of carbonyl (C=O) groups excluding carboxylic acids is 1. The highest BCUT2D eigenvalue weighted by Gasteiger charge is 2.60. The van der Waals surface area contributed by atoms with E-state index in [0.29, 0.717) is 0 Å². The van der Waals surface area contributed by atoms with E-state index in [1.165, 1.54) is 0 Å². The van der Waals surface area contributed by atoms with Gasteiger partial charge in [0.2, 0.25) is 0 Å². The molecule has 19 heavy (non-hydrogen) atoms. The molecular formula is C15H23N3O. The van der Waals surface area contributed by atoms with E-state index in [2.05, 4.69) is 38.3 Å². The van der Waals surface area contributed by atoms with E-state index in [0.717, 1.165) is 5.69 Å². The van der Waals surface area contributed by atoms with Gasteiger partial charge in [0.1, 0.15) is 0 Å². The Morgan fingerprint density at radius 2 is 1.63 bits per heavy atom. The Balaban J connectivity index is 2.00. The Morgan fingerprint density at radius 1 is 1.11 bits per heavy atom. The fraction of sp³-hybridized carbons (Fsp3) is 0.533. The molecule has 0 unspecified atom stereocenters. The predicted molar refractivity (Wildman–Crippen MR) is 77.9 cm³/mol. The number of carbonyl (C=O) groups is 1. The maximum atomic E-state index is 12.0. The van der Waals surface area contributed by atoms with Crippen LogP contribution in [0.25, 0.3) is 0 Å². The molecule has 0 heterocycles. The molecule has 0 saturated heterocycles. The number of rotatable bonds is 2. The van der Waals surface area contributed by atoms with Crippen molar-refractivity contribution in [1.29, 1.82) is 0 Å². The van der Waals surface area contributed by atoms with Crippen molar-refractivity contribution in [3.05, 3.63) is 30.3 Å². The second-order valence-corrected chi connectivity index (χ2v) is 6.52. The lowest BCUT2D eigenvalue weighted by Crippen LogP contribution is -2.76. The number of anilines is 1. The average molecular weight is 261 g/mol. The van der Waals surface area contributed by atoms with Crippen molar-refractivity contribution in [3.63, 3.8) is 0 Å². The van der Waals surface area contributed by atoms with Crippen LogP contribution in [0.3, 0.4) is 0 Å². The van der Waals surface area contributed by atoms with Crippen LogP contribution in [0.15, 0.2) is 30.3 Å². The minimum absolute atomic E-state index is 0.0683. The highest BCUT2D eigenvalue weighted by Crippen LogP contribution is 2.52. The van der Waals surface area contributed by atoms with E-state index >= 15 is 0 Å². The lowest BCUT2D eigenvalue weighted by atomic mass is 9.48. The molecule has 0 spiro atoms. The first-order chi connectivity index (χ1) is 8.76. The third kappa shape index (κ3) is 2.32. The molecule has 1 aromatic rings. The SMILES string of the molecule is CC1(C)C(N)C(C)(C)C1NC(=O)Nc1ccccc1. The Bertz CT molecular complexity index is 452. The van der Waals surface area contributed by atoms with Crippen molar-refractivity contribution in [2.75, 3.05) is 5.32 Å². The minimum Gasteiger partial charge on any atom is -0.334 e. The number of benzene rings is 1. The van der Waals surface area contributed by atoms with Gasteiger partial charge in [0.25, 0.3) is 0 Å². The molecule has 2 rings (SSSR count). The number of nitrogens with one attached hydrogen (secondary N) is 2. The van der Waals surface area contributed by atoms with Gasteiger partial charge in [-0.05, 0) is 12.1 Å². The Labute approximate surface area is 114 Å². The second kappa shape index (κ2) is 4.53. The summed E-state index contributed by atoms with van der Waals surface area (Å²) in [6.45, 7) is 8.37. The molecule has 0 atom stereocenters. The van der Waals surface area contributed by atoms with Gasteiger partial charge in [0, 0.05) is 28.6 Å². The van der Waals surface area contributed by atoms with Crippen molar-refractivity contribution in [3.8, 4) is 0 Å². The standard InChI is InChI=1S/C15H23N3O/c1-14(2)11(16)15(3,4)12(14)18-13(19)17-10-8-6-5-7-9-10/h5-9,11-12H,16H2,1-4H3,(H2,17,18,19). The molecule has 1 saturated carbocycles. The van der Waals surface area contributed by atoms with Gasteiger partial charge in [-0.25, -0.2) is 4.79 Å². The third-order valence-electron chi connectivity index (χ3n) is 4.40. The van der Waals surface area contributed by atoms with Gasteiger partial charge in [-0.1, -0.05) is 45.9 Å². The summed E-state index contributed by atoms with van der Waals surface area (Å²) in [5.74, 6) is 0. The van der Waals surface area contributed by atoms with Crippen LogP contribution in [0.5, 0.6) is 0 Å². The van der Waals surface area contributed by atoms with Crippen LogP contribution < -0.4 is 16.4 Å². The Hall–Kier alpha value is -1.55. The average Bonchev–Trinajstić information content (AvgIpc) is 2.36. The summed E-state index contributed by atoms with van der Waals surface area (Å²) in [4.78, 5) is 12.0. The molecule has 0 bridgehead atoms.